The van der Waals surface area contributed by atoms with E-state index in [4.69, 9.17) is 32.9 Å². The molecule has 1 spiro atoms. The predicted molar refractivity (Wildman–Crippen MR) is 104 cm³/mol. The second-order valence-corrected chi connectivity index (χ2v) is 7.51. The minimum Gasteiger partial charge on any atom is -0.381 e. The van der Waals surface area contributed by atoms with Gasteiger partial charge in [0.1, 0.15) is 5.84 Å². The number of aliphatic imine (C=N–C) groups is 1. The molecule has 130 valence electrons. The maximum atomic E-state index is 6.33. The van der Waals surface area contributed by atoms with Crippen molar-refractivity contribution in [3.8, 4) is 0 Å². The number of rotatable bonds is 2. The van der Waals surface area contributed by atoms with Crippen LogP contribution in [-0.2, 0) is 17.7 Å². The van der Waals surface area contributed by atoms with Crippen LogP contribution < -0.4 is 5.32 Å². The fraction of sp³-hybridized carbons (Fsp3) is 0.350. The largest absolute Gasteiger partial charge is 0.381 e. The number of hydrogen-bond donors (Lipinski definition) is 1. The molecule has 0 radical (unpaired) electrons. The topological polar surface area (TPSA) is 33.6 Å². The van der Waals surface area contributed by atoms with Crippen LogP contribution in [0.15, 0.2) is 47.5 Å². The highest BCUT2D eigenvalue weighted by molar-refractivity contribution is 6.42. The lowest BCUT2D eigenvalue weighted by Crippen LogP contribution is -2.45. The monoisotopic (exact) mass is 374 g/mol. The Morgan fingerprint density at radius 3 is 2.68 bits per heavy atom. The van der Waals surface area contributed by atoms with E-state index >= 15 is 0 Å². The third kappa shape index (κ3) is 3.29. The highest BCUT2D eigenvalue weighted by atomic mass is 35.5. The van der Waals surface area contributed by atoms with Gasteiger partial charge in [0.15, 0.2) is 0 Å². The van der Waals surface area contributed by atoms with Crippen molar-refractivity contribution in [2.75, 3.05) is 18.5 Å². The first-order chi connectivity index (χ1) is 12.2. The van der Waals surface area contributed by atoms with Crippen LogP contribution in [0.4, 0.5) is 5.69 Å². The summed E-state index contributed by atoms with van der Waals surface area (Å²) in [5, 5.41) is 4.74. The van der Waals surface area contributed by atoms with Crippen molar-refractivity contribution < 1.29 is 4.74 Å². The molecule has 4 rings (SSSR count). The van der Waals surface area contributed by atoms with E-state index < -0.39 is 0 Å². The SMILES string of the molecule is Clc1cccc(CN=C2Nc3ccccc3CC23CCOCC3)c1Cl. The van der Waals surface area contributed by atoms with Crippen LogP contribution in [0.2, 0.25) is 10.0 Å². The highest BCUT2D eigenvalue weighted by Gasteiger charge is 2.41. The van der Waals surface area contributed by atoms with Crippen molar-refractivity contribution in [3.05, 3.63) is 63.6 Å². The molecule has 0 saturated carbocycles. The molecule has 2 aliphatic heterocycles. The van der Waals surface area contributed by atoms with Gasteiger partial charge < -0.3 is 10.1 Å². The van der Waals surface area contributed by atoms with Gasteiger partial charge in [-0.2, -0.15) is 0 Å². The van der Waals surface area contributed by atoms with E-state index in [-0.39, 0.29) is 5.41 Å². The third-order valence-electron chi connectivity index (χ3n) is 5.19. The van der Waals surface area contributed by atoms with Gasteiger partial charge in [-0.25, -0.2) is 0 Å². The van der Waals surface area contributed by atoms with Crippen LogP contribution in [0, 0.1) is 5.41 Å². The van der Waals surface area contributed by atoms with Crippen LogP contribution >= 0.6 is 23.2 Å². The van der Waals surface area contributed by atoms with E-state index in [9.17, 15) is 0 Å². The second kappa shape index (κ2) is 6.99. The Kier molecular flexibility index (Phi) is 4.72. The fourth-order valence-electron chi connectivity index (χ4n) is 3.72. The van der Waals surface area contributed by atoms with Gasteiger partial charge >= 0.3 is 0 Å². The Hall–Kier alpha value is -1.55. The van der Waals surface area contributed by atoms with Gasteiger partial charge in [-0.15, -0.1) is 0 Å². The van der Waals surface area contributed by atoms with Gasteiger partial charge in [-0.3, -0.25) is 4.99 Å². The quantitative estimate of drug-likeness (QED) is 0.767. The highest BCUT2D eigenvalue weighted by Crippen LogP contribution is 2.42. The van der Waals surface area contributed by atoms with Crippen molar-refractivity contribution >= 4 is 34.7 Å². The number of para-hydroxylation sites is 1. The molecule has 2 aromatic rings. The summed E-state index contributed by atoms with van der Waals surface area (Å²) < 4.78 is 5.61. The second-order valence-electron chi connectivity index (χ2n) is 6.73. The molecule has 1 fully saturated rings. The van der Waals surface area contributed by atoms with Gasteiger partial charge in [-0.1, -0.05) is 53.5 Å². The standard InChI is InChI=1S/C20H20Cl2N2O/c21-16-6-3-5-15(18(16)22)13-23-19-20(8-10-25-11-9-20)12-14-4-1-2-7-17(14)24-19/h1-7H,8-13H2,(H,23,24). The smallest absolute Gasteiger partial charge is 0.108 e. The number of amidine groups is 1. The van der Waals surface area contributed by atoms with Crippen LogP contribution in [0.25, 0.3) is 0 Å². The Morgan fingerprint density at radius 2 is 1.84 bits per heavy atom. The van der Waals surface area contributed by atoms with Crippen LogP contribution in [0.5, 0.6) is 0 Å². The Balaban J connectivity index is 1.68. The Labute approximate surface area is 158 Å². The number of benzene rings is 2. The molecule has 0 atom stereocenters. The summed E-state index contributed by atoms with van der Waals surface area (Å²) in [7, 11) is 0. The van der Waals surface area contributed by atoms with Crippen LogP contribution in [0.1, 0.15) is 24.0 Å². The van der Waals surface area contributed by atoms with E-state index in [1.165, 1.54) is 5.56 Å². The molecule has 0 aliphatic carbocycles. The van der Waals surface area contributed by atoms with E-state index in [0.717, 1.165) is 49.6 Å². The number of halogens is 2. The minimum atomic E-state index is 0.0255. The van der Waals surface area contributed by atoms with Crippen molar-refractivity contribution in [1.82, 2.24) is 0 Å². The van der Waals surface area contributed by atoms with Gasteiger partial charge in [0.2, 0.25) is 0 Å². The Bertz CT molecular complexity index is 813. The zero-order valence-electron chi connectivity index (χ0n) is 13.9. The van der Waals surface area contributed by atoms with E-state index in [1.54, 1.807) is 6.07 Å². The first-order valence-corrected chi connectivity index (χ1v) is 9.34. The summed E-state index contributed by atoms with van der Waals surface area (Å²) >= 11 is 12.5. The van der Waals surface area contributed by atoms with E-state index in [1.807, 2.05) is 12.1 Å². The molecule has 25 heavy (non-hydrogen) atoms. The zero-order valence-corrected chi connectivity index (χ0v) is 15.4. The third-order valence-corrected chi connectivity index (χ3v) is 6.05. The lowest BCUT2D eigenvalue weighted by Gasteiger charge is -2.42. The first kappa shape index (κ1) is 16.9. The number of nitrogens with one attached hydrogen (secondary N) is 1. The summed E-state index contributed by atoms with van der Waals surface area (Å²) in [6.07, 6.45) is 2.97. The van der Waals surface area contributed by atoms with Crippen molar-refractivity contribution in [1.29, 1.82) is 0 Å². The summed E-state index contributed by atoms with van der Waals surface area (Å²) in [5.41, 5.74) is 3.47. The van der Waals surface area contributed by atoms with Gasteiger partial charge in [0.25, 0.3) is 0 Å². The molecular formula is C20H20Cl2N2O. The number of ether oxygens (including phenoxy) is 1. The van der Waals surface area contributed by atoms with Gasteiger partial charge in [0.05, 0.1) is 16.6 Å². The van der Waals surface area contributed by atoms with Crippen LogP contribution in [0.3, 0.4) is 0 Å². The molecule has 0 bridgehead atoms. The molecule has 2 aromatic carbocycles. The summed E-state index contributed by atoms with van der Waals surface area (Å²) in [4.78, 5) is 4.94. The summed E-state index contributed by atoms with van der Waals surface area (Å²) in [6.45, 7) is 2.08. The molecule has 2 heterocycles. The van der Waals surface area contributed by atoms with Crippen LogP contribution in [-0.4, -0.2) is 19.0 Å². The molecule has 3 nitrogen and oxygen atoms in total. The van der Waals surface area contributed by atoms with Gasteiger partial charge in [-0.05, 0) is 42.5 Å². The average molecular weight is 375 g/mol. The average Bonchev–Trinajstić information content (AvgIpc) is 2.64. The first-order valence-electron chi connectivity index (χ1n) is 8.58. The molecule has 0 unspecified atom stereocenters. The minimum absolute atomic E-state index is 0.0255. The fourth-order valence-corrected chi connectivity index (χ4v) is 4.10. The molecule has 5 heteroatoms. The normalized spacial score (nSPS) is 20.3. The van der Waals surface area contributed by atoms with E-state index in [0.29, 0.717) is 16.6 Å². The van der Waals surface area contributed by atoms with E-state index in [2.05, 4.69) is 29.6 Å². The molecular weight excluding hydrogens is 355 g/mol. The Morgan fingerprint density at radius 1 is 1.04 bits per heavy atom. The van der Waals surface area contributed by atoms with Crippen molar-refractivity contribution in [2.24, 2.45) is 10.4 Å². The molecule has 2 aliphatic rings. The number of anilines is 1. The summed E-state index contributed by atoms with van der Waals surface area (Å²) in [6, 6.07) is 14.2. The van der Waals surface area contributed by atoms with Gasteiger partial charge in [0, 0.05) is 24.3 Å². The molecule has 1 N–H and O–H groups in total. The van der Waals surface area contributed by atoms with Crippen molar-refractivity contribution in [2.45, 2.75) is 25.8 Å². The maximum absolute atomic E-state index is 6.33. The molecule has 0 aromatic heterocycles. The zero-order chi connectivity index (χ0) is 17.3. The lowest BCUT2D eigenvalue weighted by molar-refractivity contribution is 0.0448. The lowest BCUT2D eigenvalue weighted by atomic mass is 9.71. The molecule has 0 amide bonds. The number of fused-ring (bicyclic) bond motifs is 1. The number of hydrogen-bond acceptors (Lipinski definition) is 2. The molecule has 1 saturated heterocycles. The predicted octanol–water partition coefficient (Wildman–Crippen LogP) is 5.36. The summed E-state index contributed by atoms with van der Waals surface area (Å²) in [5.74, 6) is 1.05. The van der Waals surface area contributed by atoms with Crippen molar-refractivity contribution in [3.63, 3.8) is 0 Å². The number of nitrogens with zero attached hydrogens (tertiary/aromatic N) is 1. The maximum Gasteiger partial charge on any atom is 0.108 e.